The van der Waals surface area contributed by atoms with Gasteiger partial charge in [-0.3, -0.25) is 0 Å². The third kappa shape index (κ3) is 1.74. The minimum Gasteiger partial charge on any atom is -0.496 e. The Kier molecular flexibility index (Phi) is 2.87. The Hall–Kier alpha value is -2.47. The van der Waals surface area contributed by atoms with Gasteiger partial charge in [-0.25, -0.2) is 4.79 Å². The Labute approximate surface area is 125 Å². The highest BCUT2D eigenvalue weighted by molar-refractivity contribution is 5.92. The summed E-state index contributed by atoms with van der Waals surface area (Å²) >= 11 is 0. The van der Waals surface area contributed by atoms with E-state index in [1.807, 2.05) is 6.08 Å². The minimum absolute atomic E-state index is 0.0651. The summed E-state index contributed by atoms with van der Waals surface area (Å²) in [5.41, 5.74) is 1.46. The first kappa shape index (κ1) is 13.2. The van der Waals surface area contributed by atoms with Gasteiger partial charge in [0.15, 0.2) is 0 Å². The fourth-order valence-electron chi connectivity index (χ4n) is 3.12. The Morgan fingerprint density at radius 2 is 2.23 bits per heavy atom. The van der Waals surface area contributed by atoms with Crippen molar-refractivity contribution in [3.63, 3.8) is 0 Å². The largest absolute Gasteiger partial charge is 0.496 e. The van der Waals surface area contributed by atoms with E-state index in [0.717, 1.165) is 5.56 Å². The maximum Gasteiger partial charge on any atom is 0.336 e. The SMILES string of the molecule is COc1cc2c(c3oc(=O)cc(CCO)c13)[C@@H]1C=CO[C@@H]1O2. The van der Waals surface area contributed by atoms with Gasteiger partial charge in [0.25, 0.3) is 6.29 Å². The van der Waals surface area contributed by atoms with E-state index in [0.29, 0.717) is 34.5 Å². The average Bonchev–Trinajstić information content (AvgIpc) is 3.06. The molecule has 0 saturated heterocycles. The molecule has 3 heterocycles. The van der Waals surface area contributed by atoms with Gasteiger partial charge in [0.2, 0.25) is 0 Å². The summed E-state index contributed by atoms with van der Waals surface area (Å²) in [5, 5.41) is 9.94. The monoisotopic (exact) mass is 302 g/mol. The lowest BCUT2D eigenvalue weighted by molar-refractivity contribution is -0.00484. The molecule has 1 aromatic carbocycles. The molecular formula is C16H14O6. The summed E-state index contributed by atoms with van der Waals surface area (Å²) in [4.78, 5) is 11.9. The van der Waals surface area contributed by atoms with Crippen molar-refractivity contribution >= 4 is 11.0 Å². The zero-order valence-electron chi connectivity index (χ0n) is 11.9. The molecule has 2 aromatic rings. The van der Waals surface area contributed by atoms with E-state index in [1.54, 1.807) is 19.4 Å². The van der Waals surface area contributed by atoms with Crippen LogP contribution in [0.2, 0.25) is 0 Å². The number of aliphatic hydroxyl groups is 1. The molecule has 2 aliphatic heterocycles. The van der Waals surface area contributed by atoms with Gasteiger partial charge in [-0.15, -0.1) is 0 Å². The molecule has 0 saturated carbocycles. The molecule has 0 aliphatic carbocycles. The van der Waals surface area contributed by atoms with Crippen LogP contribution in [0.5, 0.6) is 11.5 Å². The van der Waals surface area contributed by atoms with Gasteiger partial charge in [0, 0.05) is 18.7 Å². The lowest BCUT2D eigenvalue weighted by Gasteiger charge is -2.12. The van der Waals surface area contributed by atoms with Crippen LogP contribution in [0.15, 0.2) is 33.7 Å². The Morgan fingerprint density at radius 3 is 3.00 bits per heavy atom. The van der Waals surface area contributed by atoms with E-state index >= 15 is 0 Å². The van der Waals surface area contributed by atoms with Gasteiger partial charge < -0.3 is 23.7 Å². The average molecular weight is 302 g/mol. The van der Waals surface area contributed by atoms with Gasteiger partial charge in [-0.1, -0.05) is 0 Å². The predicted octanol–water partition coefficient (Wildman–Crippen LogP) is 1.68. The van der Waals surface area contributed by atoms with Crippen LogP contribution in [0.1, 0.15) is 17.0 Å². The zero-order valence-corrected chi connectivity index (χ0v) is 11.9. The molecule has 0 bridgehead atoms. The van der Waals surface area contributed by atoms with Crippen LogP contribution < -0.4 is 15.1 Å². The highest BCUT2D eigenvalue weighted by atomic mass is 16.7. The molecule has 0 spiro atoms. The number of benzene rings is 1. The van der Waals surface area contributed by atoms with Crippen molar-refractivity contribution in [2.75, 3.05) is 13.7 Å². The third-order valence-electron chi connectivity index (χ3n) is 4.03. The lowest BCUT2D eigenvalue weighted by Crippen LogP contribution is -2.14. The molecule has 2 atom stereocenters. The summed E-state index contributed by atoms with van der Waals surface area (Å²) in [6.07, 6.45) is 3.38. The first-order valence-electron chi connectivity index (χ1n) is 7.00. The molecule has 0 unspecified atom stereocenters. The van der Waals surface area contributed by atoms with E-state index < -0.39 is 11.9 Å². The quantitative estimate of drug-likeness (QED) is 0.869. The van der Waals surface area contributed by atoms with Crippen molar-refractivity contribution in [3.8, 4) is 11.5 Å². The molecule has 0 radical (unpaired) electrons. The Balaban J connectivity index is 2.08. The first-order valence-corrected chi connectivity index (χ1v) is 7.00. The first-order chi connectivity index (χ1) is 10.7. The molecule has 114 valence electrons. The summed E-state index contributed by atoms with van der Waals surface area (Å²) < 4.78 is 22.0. The van der Waals surface area contributed by atoms with Gasteiger partial charge >= 0.3 is 5.63 Å². The van der Waals surface area contributed by atoms with Crippen LogP contribution in [0.25, 0.3) is 11.0 Å². The molecule has 22 heavy (non-hydrogen) atoms. The number of methoxy groups -OCH3 is 1. The molecule has 0 fully saturated rings. The highest BCUT2D eigenvalue weighted by Crippen LogP contribution is 2.49. The predicted molar refractivity (Wildman–Crippen MR) is 77.2 cm³/mol. The van der Waals surface area contributed by atoms with Crippen LogP contribution in [-0.2, 0) is 11.2 Å². The summed E-state index contributed by atoms with van der Waals surface area (Å²) in [6.45, 7) is -0.0651. The lowest BCUT2D eigenvalue weighted by atomic mass is 9.95. The number of fused-ring (bicyclic) bond motifs is 5. The molecule has 6 heteroatoms. The number of ether oxygens (including phenoxy) is 3. The fourth-order valence-corrected chi connectivity index (χ4v) is 3.12. The van der Waals surface area contributed by atoms with Crippen molar-refractivity contribution in [2.45, 2.75) is 18.6 Å². The summed E-state index contributed by atoms with van der Waals surface area (Å²) in [6, 6.07) is 3.16. The van der Waals surface area contributed by atoms with Crippen LogP contribution in [-0.4, -0.2) is 25.1 Å². The molecule has 4 rings (SSSR count). The van der Waals surface area contributed by atoms with Crippen molar-refractivity contribution in [1.29, 1.82) is 0 Å². The molecule has 6 nitrogen and oxygen atoms in total. The van der Waals surface area contributed by atoms with E-state index in [2.05, 4.69) is 0 Å². The van der Waals surface area contributed by atoms with Crippen LogP contribution in [0.4, 0.5) is 0 Å². The maximum atomic E-state index is 11.9. The topological polar surface area (TPSA) is 78.1 Å². The summed E-state index contributed by atoms with van der Waals surface area (Å²) in [5.74, 6) is 1.02. The van der Waals surface area contributed by atoms with Gasteiger partial charge in [0.1, 0.15) is 17.1 Å². The number of hydrogen-bond acceptors (Lipinski definition) is 6. The molecule has 2 aliphatic rings. The second-order valence-electron chi connectivity index (χ2n) is 5.24. The van der Waals surface area contributed by atoms with Crippen LogP contribution >= 0.6 is 0 Å². The van der Waals surface area contributed by atoms with Crippen LogP contribution in [0, 0.1) is 0 Å². The second-order valence-corrected chi connectivity index (χ2v) is 5.24. The second kappa shape index (κ2) is 4.78. The van der Waals surface area contributed by atoms with Gasteiger partial charge in [0.05, 0.1) is 30.2 Å². The minimum atomic E-state index is -0.460. The number of rotatable bonds is 3. The van der Waals surface area contributed by atoms with E-state index in [-0.39, 0.29) is 12.5 Å². The molecule has 1 aromatic heterocycles. The van der Waals surface area contributed by atoms with Crippen molar-refractivity contribution in [1.82, 2.24) is 0 Å². The van der Waals surface area contributed by atoms with Crippen molar-refractivity contribution in [2.24, 2.45) is 0 Å². The van der Waals surface area contributed by atoms with Crippen molar-refractivity contribution < 1.29 is 23.7 Å². The standard InChI is InChI=1S/C16H14O6/c1-19-10-7-11-14(9-3-5-20-16(9)21-11)15-13(10)8(2-4-17)6-12(18)22-15/h3,5-7,9,16-17H,2,4H2,1H3/t9-,16+/m0/s1. The Morgan fingerprint density at radius 1 is 1.36 bits per heavy atom. The third-order valence-corrected chi connectivity index (χ3v) is 4.03. The van der Waals surface area contributed by atoms with E-state index in [9.17, 15) is 9.90 Å². The van der Waals surface area contributed by atoms with Crippen molar-refractivity contribution in [3.05, 3.63) is 46.0 Å². The zero-order chi connectivity index (χ0) is 15.3. The number of hydrogen-bond donors (Lipinski definition) is 1. The Bertz CT molecular complexity index is 835. The van der Waals surface area contributed by atoms with Crippen LogP contribution in [0.3, 0.4) is 0 Å². The molecular weight excluding hydrogens is 288 g/mol. The number of aliphatic hydroxyl groups excluding tert-OH is 1. The summed E-state index contributed by atoms with van der Waals surface area (Å²) in [7, 11) is 1.54. The van der Waals surface area contributed by atoms with E-state index in [1.165, 1.54) is 6.07 Å². The molecule has 0 amide bonds. The smallest absolute Gasteiger partial charge is 0.336 e. The van der Waals surface area contributed by atoms with Gasteiger partial charge in [-0.2, -0.15) is 0 Å². The fraction of sp³-hybridized carbons (Fsp3) is 0.312. The maximum absolute atomic E-state index is 11.9. The molecule has 1 N–H and O–H groups in total. The highest BCUT2D eigenvalue weighted by Gasteiger charge is 2.40. The normalized spacial score (nSPS) is 21.4. The van der Waals surface area contributed by atoms with Gasteiger partial charge in [-0.05, 0) is 18.1 Å². The van der Waals surface area contributed by atoms with E-state index in [4.69, 9.17) is 18.6 Å².